The summed E-state index contributed by atoms with van der Waals surface area (Å²) in [6.45, 7) is 12.8. The molecule has 15 atom stereocenters. The molecule has 15 unspecified atom stereocenters. The molecule has 0 aliphatic heterocycles. The lowest BCUT2D eigenvalue weighted by Crippen LogP contribution is -2.56. The zero-order valence-electron chi connectivity index (χ0n) is 40.9. The second-order valence-electron chi connectivity index (χ2n) is 21.8. The molecule has 0 aromatic carbocycles. The van der Waals surface area contributed by atoms with Gasteiger partial charge in [0.25, 0.3) is 0 Å². The van der Waals surface area contributed by atoms with Crippen molar-refractivity contribution >= 4 is 47.0 Å². The van der Waals surface area contributed by atoms with Gasteiger partial charge in [-0.1, -0.05) is 71.8 Å². The molecule has 372 valence electrons. The fraction of sp³-hybridized carbons (Fsp3) is 0.704. The molecule has 14 nitrogen and oxygen atoms in total. The van der Waals surface area contributed by atoms with Crippen LogP contribution in [0.4, 0.5) is 0 Å². The average Bonchev–Trinajstić information content (AvgIpc) is 3.78. The molecule has 68 heavy (non-hydrogen) atoms. The number of allylic oxidation sites excluding steroid dienone is 8. The number of ether oxygens (including phenoxy) is 4. The number of esters is 4. The van der Waals surface area contributed by atoms with Gasteiger partial charge in [0.05, 0.1) is 37.9 Å². The van der Waals surface area contributed by atoms with Crippen LogP contribution in [-0.2, 0) is 57.3 Å². The number of carbonyl (C=O) groups is 8. The fourth-order valence-electron chi connectivity index (χ4n) is 15.6. The van der Waals surface area contributed by atoms with E-state index >= 15 is 0 Å². The van der Waals surface area contributed by atoms with Crippen LogP contribution in [-0.4, -0.2) is 89.4 Å². The Hall–Kier alpha value is -4.56. The Morgan fingerprint density at radius 2 is 1.04 bits per heavy atom. The lowest BCUT2D eigenvalue weighted by atomic mass is 9.46. The number of carbonyl (C=O) groups excluding carboxylic acids is 8. The largest absolute Gasteiger partial charge is 0.458 e. The maximum atomic E-state index is 13.7. The van der Waals surface area contributed by atoms with E-state index in [1.807, 2.05) is 32.9 Å². The number of hydrogen-bond acceptors (Lipinski definition) is 14. The zero-order valence-corrected chi connectivity index (χ0v) is 40.9. The van der Waals surface area contributed by atoms with E-state index in [9.17, 15) is 48.6 Å². The normalized spacial score (nSPS) is 39.4. The number of Topliss-reactive ketones (excluding diaryl/α,β-unsaturated/α-hetero) is 2. The smallest absolute Gasteiger partial charge is 0.309 e. The number of rotatable bonds is 14. The van der Waals surface area contributed by atoms with Gasteiger partial charge in [0.2, 0.25) is 6.79 Å². The second-order valence-corrected chi connectivity index (χ2v) is 21.8. The van der Waals surface area contributed by atoms with Crippen LogP contribution in [0.1, 0.15) is 132 Å². The van der Waals surface area contributed by atoms with Gasteiger partial charge in [0, 0.05) is 34.5 Å². The Bertz CT molecular complexity index is 2180. The average molecular weight is 945 g/mol. The van der Waals surface area contributed by atoms with Crippen molar-refractivity contribution < 1.29 is 67.5 Å². The molecule has 0 aromatic rings. The molecular formula is C54H72O14. The number of hydrogen-bond donors (Lipinski definition) is 2. The summed E-state index contributed by atoms with van der Waals surface area (Å²) >= 11 is 0. The Morgan fingerprint density at radius 3 is 1.54 bits per heavy atom. The molecule has 0 radical (unpaired) electrons. The molecule has 0 amide bonds. The van der Waals surface area contributed by atoms with Gasteiger partial charge < -0.3 is 29.2 Å². The standard InChI is InChI=1S/C52H66O14.C2H6/c1-28-20-37-34-9-7-30-22-32(54)17-19-50(30,3)48(34)39(56)24-52(37,5)46(28)41(58)26-64-43(60)13-15-45(62)66-27-65-44(61)14-12-42(59)63-25-40(57)36-11-10-35-33-8-6-29-21-31(53)16-18-49(29,2)47(33)38(55)23-51(35,36)4;1-2/h16-19,21-22,28,33-39,46-48,55-56H,6-15,20,23-27H2,1-5H3;1-2H3. The Labute approximate surface area is 400 Å². The molecule has 6 fully saturated rings. The minimum Gasteiger partial charge on any atom is -0.458 e. The van der Waals surface area contributed by atoms with Crippen molar-refractivity contribution in [1.29, 1.82) is 0 Å². The third-order valence-corrected chi connectivity index (χ3v) is 18.3. The molecule has 0 saturated heterocycles. The molecule has 0 aromatic heterocycles. The van der Waals surface area contributed by atoms with Gasteiger partial charge in [-0.15, -0.1) is 0 Å². The Morgan fingerprint density at radius 1 is 0.603 bits per heavy atom. The predicted octanol–water partition coefficient (Wildman–Crippen LogP) is 6.88. The first-order chi connectivity index (χ1) is 32.2. The van der Waals surface area contributed by atoms with Crippen LogP contribution in [0.3, 0.4) is 0 Å². The van der Waals surface area contributed by atoms with Crippen molar-refractivity contribution in [2.24, 2.45) is 74.9 Å². The van der Waals surface area contributed by atoms with Crippen LogP contribution in [0.25, 0.3) is 0 Å². The first kappa shape index (κ1) is 51.3. The molecule has 6 saturated carbocycles. The maximum Gasteiger partial charge on any atom is 0.309 e. The molecule has 0 spiro atoms. The quantitative estimate of drug-likeness (QED) is 0.103. The van der Waals surface area contributed by atoms with Gasteiger partial charge in [-0.05, 0) is 123 Å². The van der Waals surface area contributed by atoms with Gasteiger partial charge in [-0.3, -0.25) is 38.4 Å². The zero-order chi connectivity index (χ0) is 49.5. The monoisotopic (exact) mass is 944 g/mol. The van der Waals surface area contributed by atoms with Crippen LogP contribution < -0.4 is 0 Å². The van der Waals surface area contributed by atoms with E-state index < -0.39 is 83.7 Å². The first-order valence-electron chi connectivity index (χ1n) is 25.1. The lowest BCUT2D eigenvalue weighted by Gasteiger charge is -2.58. The van der Waals surface area contributed by atoms with E-state index in [4.69, 9.17) is 18.9 Å². The van der Waals surface area contributed by atoms with Crippen molar-refractivity contribution in [1.82, 2.24) is 0 Å². The minimum absolute atomic E-state index is 0.0111. The molecule has 8 aliphatic rings. The van der Waals surface area contributed by atoms with Crippen LogP contribution >= 0.6 is 0 Å². The maximum absolute atomic E-state index is 13.7. The van der Waals surface area contributed by atoms with Crippen molar-refractivity contribution in [3.05, 3.63) is 47.6 Å². The molecule has 8 aliphatic carbocycles. The molecule has 8 rings (SSSR count). The van der Waals surface area contributed by atoms with Crippen LogP contribution in [0.5, 0.6) is 0 Å². The Balaban J connectivity index is 0.00000338. The summed E-state index contributed by atoms with van der Waals surface area (Å²) in [5, 5.41) is 23.2. The molecular weight excluding hydrogens is 873 g/mol. The third kappa shape index (κ3) is 9.41. The molecule has 0 bridgehead atoms. The summed E-state index contributed by atoms with van der Waals surface area (Å²) in [5.74, 6) is -3.83. The van der Waals surface area contributed by atoms with Crippen LogP contribution in [0.15, 0.2) is 47.6 Å². The summed E-state index contributed by atoms with van der Waals surface area (Å²) in [6.07, 6.45) is 14.1. The van der Waals surface area contributed by atoms with E-state index in [-0.39, 0.29) is 96.2 Å². The van der Waals surface area contributed by atoms with Gasteiger partial charge >= 0.3 is 23.9 Å². The minimum atomic E-state index is -0.837. The predicted molar refractivity (Wildman–Crippen MR) is 246 cm³/mol. The summed E-state index contributed by atoms with van der Waals surface area (Å²) < 4.78 is 20.4. The van der Waals surface area contributed by atoms with Crippen LogP contribution in [0, 0.1) is 74.9 Å². The first-order valence-corrected chi connectivity index (χ1v) is 25.1. The number of aliphatic hydroxyl groups excluding tert-OH is 2. The second kappa shape index (κ2) is 20.0. The van der Waals surface area contributed by atoms with E-state index in [0.29, 0.717) is 19.3 Å². The van der Waals surface area contributed by atoms with E-state index in [2.05, 4.69) is 27.7 Å². The summed E-state index contributed by atoms with van der Waals surface area (Å²) in [7, 11) is 0. The fourth-order valence-corrected chi connectivity index (χ4v) is 15.6. The van der Waals surface area contributed by atoms with Gasteiger partial charge in [0.15, 0.2) is 23.1 Å². The van der Waals surface area contributed by atoms with E-state index in [1.165, 1.54) is 0 Å². The van der Waals surface area contributed by atoms with Crippen molar-refractivity contribution in [2.45, 2.75) is 144 Å². The molecule has 2 N–H and O–H groups in total. The number of aliphatic hydroxyl groups is 2. The summed E-state index contributed by atoms with van der Waals surface area (Å²) in [5.41, 5.74) is 0.362. The molecule has 0 heterocycles. The topological polar surface area (TPSA) is 214 Å². The highest BCUT2D eigenvalue weighted by atomic mass is 16.7. The number of fused-ring (bicyclic) bond motifs is 10. The van der Waals surface area contributed by atoms with Gasteiger partial charge in [-0.25, -0.2) is 0 Å². The van der Waals surface area contributed by atoms with Crippen molar-refractivity contribution in [2.75, 3.05) is 20.0 Å². The SMILES string of the molecule is CC.CC1CC2C3CCC4=CC(=O)C=CC4(C)C3C(O)CC2(C)C1C(=O)COC(=O)CCC(=O)OCOC(=O)CCC(=O)OCC(=O)C1CCC2C3CCC4=CC(=O)C=CC4(C)C3C(O)CC12C. The van der Waals surface area contributed by atoms with Crippen LogP contribution in [0.2, 0.25) is 0 Å². The van der Waals surface area contributed by atoms with E-state index in [1.54, 1.807) is 24.3 Å². The summed E-state index contributed by atoms with van der Waals surface area (Å²) in [4.78, 5) is 101. The highest BCUT2D eigenvalue weighted by molar-refractivity contribution is 6.01. The van der Waals surface area contributed by atoms with Crippen molar-refractivity contribution in [3.8, 4) is 0 Å². The lowest BCUT2D eigenvalue weighted by molar-refractivity contribution is -0.169. The van der Waals surface area contributed by atoms with Crippen molar-refractivity contribution in [3.63, 3.8) is 0 Å². The van der Waals surface area contributed by atoms with E-state index in [0.717, 1.165) is 49.7 Å². The number of ketones is 4. The Kier molecular flexibility index (Phi) is 15.1. The highest BCUT2D eigenvalue weighted by Gasteiger charge is 2.65. The van der Waals surface area contributed by atoms with Gasteiger partial charge in [0.1, 0.15) is 13.2 Å². The highest BCUT2D eigenvalue weighted by Crippen LogP contribution is 2.68. The molecule has 14 heteroatoms. The summed E-state index contributed by atoms with van der Waals surface area (Å²) in [6, 6.07) is 0. The third-order valence-electron chi connectivity index (χ3n) is 18.3. The van der Waals surface area contributed by atoms with Gasteiger partial charge in [-0.2, -0.15) is 0 Å².